The van der Waals surface area contributed by atoms with Gasteiger partial charge in [-0.1, -0.05) is 12.2 Å². The molecule has 0 amide bonds. The van der Waals surface area contributed by atoms with Crippen molar-refractivity contribution in [2.75, 3.05) is 0 Å². The highest BCUT2D eigenvalue weighted by atomic mass is 16.3. The highest BCUT2D eigenvalue weighted by Crippen LogP contribution is 2.28. The average Bonchev–Trinajstić information content (AvgIpc) is 3.05. The van der Waals surface area contributed by atoms with Crippen LogP contribution in [0.15, 0.2) is 72.6 Å². The molecule has 9 nitrogen and oxygen atoms in total. The molecule has 1 aliphatic carbocycles. The summed E-state index contributed by atoms with van der Waals surface area (Å²) >= 11 is 0. The van der Waals surface area contributed by atoms with Crippen molar-refractivity contribution >= 4 is 46.9 Å². The van der Waals surface area contributed by atoms with Gasteiger partial charge in [-0.2, -0.15) is 15.0 Å². The van der Waals surface area contributed by atoms with E-state index in [4.69, 9.17) is 4.42 Å². The van der Waals surface area contributed by atoms with Gasteiger partial charge in [0.05, 0.1) is 16.9 Å². The summed E-state index contributed by atoms with van der Waals surface area (Å²) in [5.74, 6) is 0.173. The zero-order valence-electron chi connectivity index (χ0n) is 14.6. The first kappa shape index (κ1) is 20.1. The number of aliphatic imine (C=N–C) groups is 4. The van der Waals surface area contributed by atoms with E-state index in [2.05, 4.69) is 20.0 Å². The normalized spacial score (nSPS) is 16.8. The molecule has 0 radical (unpaired) electrons. The van der Waals surface area contributed by atoms with Crippen molar-refractivity contribution in [3.8, 4) is 0 Å². The molecule has 1 atom stereocenters. The molecule has 0 aliphatic heterocycles. The molecular weight excluding hydrogens is 364 g/mol. The zero-order chi connectivity index (χ0) is 20.4. The lowest BCUT2D eigenvalue weighted by Crippen LogP contribution is -2.20. The van der Waals surface area contributed by atoms with Crippen molar-refractivity contribution < 1.29 is 23.6 Å². The molecule has 1 aliphatic rings. The Morgan fingerprint density at radius 3 is 2.39 bits per heavy atom. The third kappa shape index (κ3) is 5.38. The average molecular weight is 376 g/mol. The first-order chi connectivity index (χ1) is 13.5. The predicted molar refractivity (Wildman–Crippen MR) is 98.3 cm³/mol. The van der Waals surface area contributed by atoms with Gasteiger partial charge in [-0.25, -0.2) is 19.2 Å². The first-order valence-electron chi connectivity index (χ1n) is 7.78. The number of furan rings is 1. The Bertz CT molecular complexity index is 1120. The molecule has 1 aromatic carbocycles. The fourth-order valence-electron chi connectivity index (χ4n) is 2.40. The van der Waals surface area contributed by atoms with E-state index in [1.165, 1.54) is 24.3 Å². The topological polar surface area (TPSA) is 131 Å². The molecule has 0 bridgehead atoms. The molecule has 0 spiro atoms. The molecule has 9 heteroatoms. The molecule has 28 heavy (non-hydrogen) atoms. The van der Waals surface area contributed by atoms with Crippen molar-refractivity contribution in [1.82, 2.24) is 0 Å². The van der Waals surface area contributed by atoms with Crippen LogP contribution in [0.3, 0.4) is 0 Å². The molecule has 138 valence electrons. The zero-order valence-corrected chi connectivity index (χ0v) is 14.6. The molecule has 0 fully saturated rings. The third-order valence-electron chi connectivity index (χ3n) is 3.59. The van der Waals surface area contributed by atoms with Gasteiger partial charge in [-0.3, -0.25) is 0 Å². The molecule has 0 N–H and O–H groups in total. The van der Waals surface area contributed by atoms with Crippen molar-refractivity contribution in [2.24, 2.45) is 20.0 Å². The minimum atomic E-state index is -0.619. The lowest BCUT2D eigenvalue weighted by Gasteiger charge is -2.20. The number of hydrogen-bond acceptors (Lipinski definition) is 9. The number of fused-ring (bicyclic) bond motifs is 1. The van der Waals surface area contributed by atoms with Gasteiger partial charge in [-0.05, 0) is 25.1 Å². The summed E-state index contributed by atoms with van der Waals surface area (Å²) in [6.45, 7) is 1.77. The van der Waals surface area contributed by atoms with Gasteiger partial charge in [0.25, 0.3) is 0 Å². The lowest BCUT2D eigenvalue weighted by molar-refractivity contribution is 0.530. The summed E-state index contributed by atoms with van der Waals surface area (Å²) in [6, 6.07) is 6.49. The second-order valence-electron chi connectivity index (χ2n) is 5.67. The minimum absolute atomic E-state index is 0.173. The Morgan fingerprint density at radius 2 is 1.71 bits per heavy atom. The van der Waals surface area contributed by atoms with Gasteiger partial charge >= 0.3 is 0 Å². The summed E-state index contributed by atoms with van der Waals surface area (Å²) in [6.07, 6.45) is 11.3. The number of allylic oxidation sites excluding steroid dienone is 2. The fourth-order valence-corrected chi connectivity index (χ4v) is 2.40. The van der Waals surface area contributed by atoms with Crippen LogP contribution < -0.4 is 0 Å². The van der Waals surface area contributed by atoms with Crippen molar-refractivity contribution in [2.45, 2.75) is 18.9 Å². The number of nitrogens with zero attached hydrogens (tertiary/aromatic N) is 4. The van der Waals surface area contributed by atoms with Gasteiger partial charge < -0.3 is 4.42 Å². The van der Waals surface area contributed by atoms with E-state index in [1.54, 1.807) is 49.4 Å². The monoisotopic (exact) mass is 376 g/mol. The molecule has 2 aromatic rings. The quantitative estimate of drug-likeness (QED) is 0.594. The standard InChI is InChI=1S/C10H4N2O3.C9H8N2O2/c13-5-11-8-2-1-7-3-10(12-6-14)15-9(7)4-8;1-9(11-7-13)4-2-3-8(5-9)10-6-12/h1-4H;2-4H,5H2,1H3. The van der Waals surface area contributed by atoms with E-state index in [-0.39, 0.29) is 5.88 Å². The van der Waals surface area contributed by atoms with Crippen LogP contribution in [0.25, 0.3) is 11.0 Å². The predicted octanol–water partition coefficient (Wildman–Crippen LogP) is 3.63. The van der Waals surface area contributed by atoms with Crippen LogP contribution in [-0.4, -0.2) is 29.9 Å². The SMILES string of the molecule is CC1(N=C=O)C=CC=C(N=C=O)C1.O=C=Nc1ccc2cc(N=C=O)oc2c1. The highest BCUT2D eigenvalue weighted by Gasteiger charge is 2.23. The van der Waals surface area contributed by atoms with Gasteiger partial charge in [0.2, 0.25) is 30.2 Å². The largest absolute Gasteiger partial charge is 0.438 e. The molecular formula is C19H12N4O5. The number of rotatable bonds is 4. The van der Waals surface area contributed by atoms with Gasteiger partial charge in [-0.15, -0.1) is 4.99 Å². The van der Waals surface area contributed by atoms with Gasteiger partial charge in [0, 0.05) is 23.9 Å². The maximum Gasteiger partial charge on any atom is 0.243 e. The van der Waals surface area contributed by atoms with E-state index in [9.17, 15) is 19.2 Å². The summed E-state index contributed by atoms with van der Waals surface area (Å²) < 4.78 is 5.18. The van der Waals surface area contributed by atoms with E-state index in [0.29, 0.717) is 23.4 Å². The Kier molecular flexibility index (Phi) is 6.78. The van der Waals surface area contributed by atoms with Gasteiger partial charge in [0.15, 0.2) is 0 Å². The maximum atomic E-state index is 10.1. The smallest absolute Gasteiger partial charge is 0.243 e. The van der Waals surface area contributed by atoms with E-state index in [1.807, 2.05) is 0 Å². The highest BCUT2D eigenvalue weighted by molar-refractivity contribution is 5.83. The van der Waals surface area contributed by atoms with Crippen molar-refractivity contribution in [3.05, 3.63) is 48.2 Å². The van der Waals surface area contributed by atoms with E-state index >= 15 is 0 Å². The molecule has 3 rings (SSSR count). The third-order valence-corrected chi connectivity index (χ3v) is 3.59. The molecule has 0 saturated heterocycles. The Morgan fingerprint density at radius 1 is 0.964 bits per heavy atom. The Labute approximate surface area is 158 Å². The molecule has 1 unspecified atom stereocenters. The number of hydrogen-bond donors (Lipinski definition) is 0. The lowest BCUT2D eigenvalue weighted by atomic mass is 9.92. The summed E-state index contributed by atoms with van der Waals surface area (Å²) in [5, 5.41) is 0.772. The number of benzene rings is 1. The Hall–Kier alpha value is -4.24. The van der Waals surface area contributed by atoms with E-state index < -0.39 is 5.54 Å². The molecule has 1 aromatic heterocycles. The van der Waals surface area contributed by atoms with E-state index in [0.717, 1.165) is 5.39 Å². The van der Waals surface area contributed by atoms with Crippen LogP contribution in [0.2, 0.25) is 0 Å². The van der Waals surface area contributed by atoms with Crippen LogP contribution in [0.4, 0.5) is 11.6 Å². The molecule has 0 saturated carbocycles. The fraction of sp³-hybridized carbons (Fsp3) is 0.158. The minimum Gasteiger partial charge on any atom is -0.438 e. The second kappa shape index (κ2) is 9.46. The van der Waals surface area contributed by atoms with Crippen LogP contribution in [0, 0.1) is 0 Å². The van der Waals surface area contributed by atoms with Gasteiger partial charge in [0.1, 0.15) is 5.58 Å². The van der Waals surface area contributed by atoms with Crippen LogP contribution in [-0.2, 0) is 19.2 Å². The van der Waals surface area contributed by atoms with Crippen LogP contribution in [0.1, 0.15) is 13.3 Å². The number of isocyanates is 4. The second-order valence-corrected chi connectivity index (χ2v) is 5.67. The summed E-state index contributed by atoms with van der Waals surface area (Å²) in [7, 11) is 0. The van der Waals surface area contributed by atoms with Crippen LogP contribution >= 0.6 is 0 Å². The van der Waals surface area contributed by atoms with Crippen molar-refractivity contribution in [1.29, 1.82) is 0 Å². The van der Waals surface area contributed by atoms with Crippen LogP contribution in [0.5, 0.6) is 0 Å². The van der Waals surface area contributed by atoms with Crippen molar-refractivity contribution in [3.63, 3.8) is 0 Å². The number of carbonyl (C=O) groups excluding carboxylic acids is 4. The Balaban J connectivity index is 0.000000203. The summed E-state index contributed by atoms with van der Waals surface area (Å²) in [4.78, 5) is 54.0. The first-order valence-corrected chi connectivity index (χ1v) is 7.78. The molecule has 1 heterocycles. The maximum absolute atomic E-state index is 10.1. The summed E-state index contributed by atoms with van der Waals surface area (Å²) in [5.41, 5.74) is 0.889.